The van der Waals surface area contributed by atoms with Gasteiger partial charge < -0.3 is 5.32 Å². The fourth-order valence-electron chi connectivity index (χ4n) is 3.14. The maximum atomic E-state index is 12.3. The van der Waals surface area contributed by atoms with Gasteiger partial charge in [-0.15, -0.1) is 0 Å². The summed E-state index contributed by atoms with van der Waals surface area (Å²) < 4.78 is 0. The van der Waals surface area contributed by atoms with Crippen molar-refractivity contribution in [1.29, 1.82) is 0 Å². The molecule has 7 nitrogen and oxygen atoms in total. The van der Waals surface area contributed by atoms with Crippen molar-refractivity contribution in [2.45, 2.75) is 6.54 Å². The van der Waals surface area contributed by atoms with Crippen LogP contribution in [0, 0.1) is 10.1 Å². The summed E-state index contributed by atoms with van der Waals surface area (Å²) in [4.78, 5) is 27.1. The summed E-state index contributed by atoms with van der Waals surface area (Å²) >= 11 is 12.5. The van der Waals surface area contributed by atoms with Gasteiger partial charge in [0.15, 0.2) is 0 Å². The van der Waals surface area contributed by atoms with Crippen LogP contribution in [0.3, 0.4) is 0 Å². The monoisotopic (exact) mass is 422 g/mol. The first-order valence-corrected chi connectivity index (χ1v) is 9.60. The van der Waals surface area contributed by atoms with Crippen molar-refractivity contribution in [3.63, 3.8) is 0 Å². The van der Waals surface area contributed by atoms with Crippen LogP contribution in [0.25, 0.3) is 0 Å². The van der Waals surface area contributed by atoms with Gasteiger partial charge in [0.1, 0.15) is 5.69 Å². The molecule has 1 aliphatic heterocycles. The summed E-state index contributed by atoms with van der Waals surface area (Å²) in [5.41, 5.74) is 1.01. The average Bonchev–Trinajstić information content (AvgIpc) is 2.66. The van der Waals surface area contributed by atoms with Crippen LogP contribution in [0.4, 0.5) is 11.4 Å². The molecule has 1 fully saturated rings. The summed E-state index contributed by atoms with van der Waals surface area (Å²) in [5.74, 6) is -0.267. The molecule has 28 heavy (non-hydrogen) atoms. The Kier molecular flexibility index (Phi) is 6.85. The molecular weight excluding hydrogens is 403 g/mol. The van der Waals surface area contributed by atoms with Gasteiger partial charge in [-0.3, -0.25) is 24.7 Å². The number of anilines is 1. The van der Waals surface area contributed by atoms with E-state index >= 15 is 0 Å². The van der Waals surface area contributed by atoms with Crippen LogP contribution in [0.5, 0.6) is 0 Å². The van der Waals surface area contributed by atoms with Gasteiger partial charge in [0.25, 0.3) is 5.69 Å². The molecular formula is C19H20Cl2N4O3. The Balaban J connectivity index is 1.50. The summed E-state index contributed by atoms with van der Waals surface area (Å²) in [6.45, 7) is 3.83. The zero-order valence-electron chi connectivity index (χ0n) is 15.1. The van der Waals surface area contributed by atoms with Crippen molar-refractivity contribution in [3.8, 4) is 0 Å². The number of benzene rings is 2. The van der Waals surface area contributed by atoms with E-state index in [4.69, 9.17) is 23.2 Å². The molecule has 1 saturated heterocycles. The second-order valence-electron chi connectivity index (χ2n) is 6.57. The van der Waals surface area contributed by atoms with Gasteiger partial charge in [-0.25, -0.2) is 0 Å². The smallest absolute Gasteiger partial charge is 0.292 e. The molecule has 9 heteroatoms. The van der Waals surface area contributed by atoms with E-state index in [0.717, 1.165) is 18.7 Å². The van der Waals surface area contributed by atoms with E-state index < -0.39 is 4.92 Å². The van der Waals surface area contributed by atoms with Crippen LogP contribution < -0.4 is 5.32 Å². The van der Waals surface area contributed by atoms with Crippen LogP contribution in [0.15, 0.2) is 42.5 Å². The number of nitrogens with zero attached hydrogens (tertiary/aromatic N) is 3. The molecule has 1 amide bonds. The second-order valence-corrected chi connectivity index (χ2v) is 7.39. The number of carbonyl (C=O) groups excluding carboxylic acids is 1. The van der Waals surface area contributed by atoms with Crippen molar-refractivity contribution < 1.29 is 9.72 Å². The number of rotatable bonds is 6. The highest BCUT2D eigenvalue weighted by Gasteiger charge is 2.21. The third kappa shape index (κ3) is 5.20. The molecule has 1 heterocycles. The molecule has 0 atom stereocenters. The zero-order valence-corrected chi connectivity index (χ0v) is 16.6. The maximum absolute atomic E-state index is 12.3. The van der Waals surface area contributed by atoms with Crippen molar-refractivity contribution in [3.05, 3.63) is 68.2 Å². The lowest BCUT2D eigenvalue weighted by Crippen LogP contribution is -2.48. The standard InChI is InChI=1S/C19H20Cl2N4O3/c20-15-4-3-5-16(21)14(15)12-23-8-10-24(11-9-23)13-19(26)22-17-6-1-2-7-18(17)25(27)28/h1-7H,8-13H2,(H,22,26). The van der Waals surface area contributed by atoms with Gasteiger partial charge >= 0.3 is 0 Å². The van der Waals surface area contributed by atoms with Crippen LogP contribution in [0.1, 0.15) is 5.56 Å². The average molecular weight is 423 g/mol. The number of hydrogen-bond donors (Lipinski definition) is 1. The first-order valence-electron chi connectivity index (χ1n) is 8.85. The van der Waals surface area contributed by atoms with Gasteiger partial charge in [-0.2, -0.15) is 0 Å². The van der Waals surface area contributed by atoms with Crippen LogP contribution in [-0.2, 0) is 11.3 Å². The number of carbonyl (C=O) groups is 1. The van der Waals surface area contributed by atoms with E-state index in [-0.39, 0.29) is 23.8 Å². The maximum Gasteiger partial charge on any atom is 0.292 e. The molecule has 3 rings (SSSR count). The molecule has 1 aliphatic rings. The Morgan fingerprint density at radius 2 is 1.61 bits per heavy atom. The minimum absolute atomic E-state index is 0.114. The van der Waals surface area contributed by atoms with Crippen molar-refractivity contribution >= 4 is 40.5 Å². The second kappa shape index (κ2) is 9.34. The molecule has 0 aromatic heterocycles. The zero-order chi connectivity index (χ0) is 20.1. The molecule has 148 valence electrons. The Hall–Kier alpha value is -2.19. The summed E-state index contributed by atoms with van der Waals surface area (Å²) in [6.07, 6.45) is 0. The highest BCUT2D eigenvalue weighted by Crippen LogP contribution is 2.26. The lowest BCUT2D eigenvalue weighted by Gasteiger charge is -2.34. The van der Waals surface area contributed by atoms with E-state index in [9.17, 15) is 14.9 Å². The number of halogens is 2. The summed E-state index contributed by atoms with van der Waals surface area (Å²) in [6, 6.07) is 11.6. The molecule has 0 unspecified atom stereocenters. The summed E-state index contributed by atoms with van der Waals surface area (Å²) in [7, 11) is 0. The molecule has 2 aromatic rings. The lowest BCUT2D eigenvalue weighted by molar-refractivity contribution is -0.383. The van der Waals surface area contributed by atoms with Crippen LogP contribution >= 0.6 is 23.2 Å². The molecule has 0 radical (unpaired) electrons. The Bertz CT molecular complexity index is 850. The number of para-hydroxylation sites is 2. The minimum Gasteiger partial charge on any atom is -0.319 e. The first-order chi connectivity index (χ1) is 13.4. The van der Waals surface area contributed by atoms with E-state index in [1.165, 1.54) is 12.1 Å². The van der Waals surface area contributed by atoms with E-state index in [2.05, 4.69) is 10.2 Å². The number of amides is 1. The van der Waals surface area contributed by atoms with Crippen LogP contribution in [-0.4, -0.2) is 53.4 Å². The van der Waals surface area contributed by atoms with Gasteiger partial charge in [-0.05, 0) is 18.2 Å². The Labute approximate surface area is 173 Å². The number of piperazine rings is 1. The van der Waals surface area contributed by atoms with Crippen molar-refractivity contribution in [2.24, 2.45) is 0 Å². The van der Waals surface area contributed by atoms with E-state index in [0.29, 0.717) is 29.7 Å². The van der Waals surface area contributed by atoms with Crippen LogP contribution in [0.2, 0.25) is 10.0 Å². The van der Waals surface area contributed by atoms with Gasteiger partial charge in [0.2, 0.25) is 5.91 Å². The van der Waals surface area contributed by atoms with Gasteiger partial charge in [-0.1, -0.05) is 41.4 Å². The molecule has 0 aliphatic carbocycles. The minimum atomic E-state index is -0.506. The highest BCUT2D eigenvalue weighted by molar-refractivity contribution is 6.35. The predicted molar refractivity (Wildman–Crippen MR) is 110 cm³/mol. The Morgan fingerprint density at radius 1 is 1.00 bits per heavy atom. The topological polar surface area (TPSA) is 78.7 Å². The quantitative estimate of drug-likeness (QED) is 0.567. The normalized spacial score (nSPS) is 15.4. The van der Waals surface area contributed by atoms with Gasteiger partial charge in [0, 0.05) is 54.4 Å². The first kappa shape index (κ1) is 20.5. The van der Waals surface area contributed by atoms with Crippen molar-refractivity contribution in [1.82, 2.24) is 9.80 Å². The lowest BCUT2D eigenvalue weighted by atomic mass is 10.2. The highest BCUT2D eigenvalue weighted by atomic mass is 35.5. The number of nitro groups is 1. The molecule has 0 bridgehead atoms. The molecule has 0 spiro atoms. The van der Waals surface area contributed by atoms with E-state index in [1.54, 1.807) is 12.1 Å². The number of nitro benzene ring substituents is 1. The SMILES string of the molecule is O=C(CN1CCN(Cc2c(Cl)cccc2Cl)CC1)Nc1ccccc1[N+](=O)[O-]. The fourth-order valence-corrected chi connectivity index (χ4v) is 3.66. The third-order valence-electron chi connectivity index (χ3n) is 4.65. The summed E-state index contributed by atoms with van der Waals surface area (Å²) in [5, 5.41) is 15.0. The third-order valence-corrected chi connectivity index (χ3v) is 5.36. The number of nitrogens with one attached hydrogen (secondary N) is 1. The van der Waals surface area contributed by atoms with E-state index in [1.807, 2.05) is 23.1 Å². The largest absolute Gasteiger partial charge is 0.319 e. The van der Waals surface area contributed by atoms with Gasteiger partial charge in [0.05, 0.1) is 11.5 Å². The van der Waals surface area contributed by atoms with Crippen molar-refractivity contribution in [2.75, 3.05) is 38.0 Å². The Morgan fingerprint density at radius 3 is 2.25 bits per heavy atom. The molecule has 1 N–H and O–H groups in total. The molecule has 2 aromatic carbocycles. The molecule has 0 saturated carbocycles. The fraction of sp³-hybridized carbons (Fsp3) is 0.316. The number of hydrogen-bond acceptors (Lipinski definition) is 5. The predicted octanol–water partition coefficient (Wildman–Crippen LogP) is 3.66.